The molecule has 2 fully saturated rings. The molecule has 1 heterocycles. The molecule has 5 N–H and O–H groups in total. The van der Waals surface area contributed by atoms with Crippen molar-refractivity contribution < 1.29 is 24.5 Å². The first-order valence-electron chi connectivity index (χ1n) is 12.5. The first-order valence-corrected chi connectivity index (χ1v) is 12.8. The van der Waals surface area contributed by atoms with Crippen LogP contribution < -0.4 is 15.8 Å². The largest absolute Gasteiger partial charge is 0.508 e. The maximum absolute atomic E-state index is 13.1. The van der Waals surface area contributed by atoms with Crippen molar-refractivity contribution in [3.05, 3.63) is 52.5 Å². The molecule has 4 rings (SSSR count). The fourth-order valence-corrected chi connectivity index (χ4v) is 5.81. The molecule has 8 nitrogen and oxygen atoms in total. The van der Waals surface area contributed by atoms with E-state index in [4.69, 9.17) is 26.8 Å². The fraction of sp³-hybridized carbons (Fsp3) is 0.519. The molecule has 0 aromatic heterocycles. The summed E-state index contributed by atoms with van der Waals surface area (Å²) in [7, 11) is 3.14. The summed E-state index contributed by atoms with van der Waals surface area (Å²) in [5.74, 6) is 0.280. The number of nitrogens with two attached hydrogens (primary N) is 1. The second kappa shape index (κ2) is 11.3. The van der Waals surface area contributed by atoms with Gasteiger partial charge in [-0.2, -0.15) is 0 Å². The number of halogens is 1. The summed E-state index contributed by atoms with van der Waals surface area (Å²) in [6.45, 7) is 2.11. The number of phenolic OH excluding ortho intramolecular Hbond substituents is 1. The van der Waals surface area contributed by atoms with Crippen molar-refractivity contribution in [2.75, 3.05) is 39.6 Å². The summed E-state index contributed by atoms with van der Waals surface area (Å²) in [5, 5.41) is 25.1. The molecule has 0 spiro atoms. The smallest absolute Gasteiger partial charge is 0.255 e. The van der Waals surface area contributed by atoms with Gasteiger partial charge in [0, 0.05) is 38.7 Å². The molecule has 2 aromatic carbocycles. The number of anilines is 1. The number of nitrogen functional groups attached to an aromatic ring is 1. The molecular weight excluding hydrogens is 482 g/mol. The zero-order valence-electron chi connectivity index (χ0n) is 20.9. The number of aromatic hydroxyl groups is 1. The number of piperidine rings is 1. The Balaban J connectivity index is 1.43. The van der Waals surface area contributed by atoms with Crippen molar-refractivity contribution in [1.82, 2.24) is 10.2 Å². The molecule has 1 aliphatic heterocycles. The van der Waals surface area contributed by atoms with Crippen LogP contribution in [0.5, 0.6) is 11.5 Å². The van der Waals surface area contributed by atoms with Gasteiger partial charge in [-0.15, -0.1) is 0 Å². The number of amides is 1. The lowest BCUT2D eigenvalue weighted by Gasteiger charge is -2.45. The number of benzene rings is 2. The normalized spacial score (nSPS) is 26.9. The van der Waals surface area contributed by atoms with Crippen LogP contribution in [0.2, 0.25) is 5.02 Å². The van der Waals surface area contributed by atoms with E-state index in [9.17, 15) is 15.0 Å². The molecule has 1 aliphatic carbocycles. The summed E-state index contributed by atoms with van der Waals surface area (Å²) in [6.07, 6.45) is 4.10. The molecule has 9 heteroatoms. The lowest BCUT2D eigenvalue weighted by Crippen LogP contribution is -2.56. The highest BCUT2D eigenvalue weighted by Gasteiger charge is 2.42. The molecule has 1 amide bonds. The fourth-order valence-electron chi connectivity index (χ4n) is 5.65. The summed E-state index contributed by atoms with van der Waals surface area (Å²) >= 11 is 6.15. The van der Waals surface area contributed by atoms with E-state index in [1.54, 1.807) is 31.4 Å². The first-order chi connectivity index (χ1) is 17.2. The van der Waals surface area contributed by atoms with Crippen LogP contribution in [-0.2, 0) is 10.3 Å². The lowest BCUT2D eigenvalue weighted by molar-refractivity contribution is -0.0760. The average Bonchev–Trinajstić information content (AvgIpc) is 2.87. The number of carbonyl (C=O) groups excluding carboxylic acids is 1. The minimum atomic E-state index is -0.977. The minimum absolute atomic E-state index is 0.0397. The van der Waals surface area contributed by atoms with Crippen LogP contribution in [0.4, 0.5) is 5.69 Å². The van der Waals surface area contributed by atoms with Crippen molar-refractivity contribution in [3.63, 3.8) is 0 Å². The van der Waals surface area contributed by atoms with Gasteiger partial charge in [-0.3, -0.25) is 4.79 Å². The zero-order valence-corrected chi connectivity index (χ0v) is 21.6. The third kappa shape index (κ3) is 5.57. The highest BCUT2D eigenvalue weighted by molar-refractivity contribution is 6.33. The molecule has 0 unspecified atom stereocenters. The van der Waals surface area contributed by atoms with Crippen LogP contribution in [0.1, 0.15) is 48.0 Å². The Kier molecular flexibility index (Phi) is 8.30. The number of aliphatic hydroxyl groups is 1. The van der Waals surface area contributed by atoms with E-state index < -0.39 is 5.60 Å². The quantitative estimate of drug-likeness (QED) is 0.415. The van der Waals surface area contributed by atoms with Crippen LogP contribution in [-0.4, -0.2) is 67.0 Å². The molecule has 4 atom stereocenters. The van der Waals surface area contributed by atoms with Crippen molar-refractivity contribution >= 4 is 23.2 Å². The highest BCUT2D eigenvalue weighted by atomic mass is 35.5. The van der Waals surface area contributed by atoms with Crippen LogP contribution >= 0.6 is 11.6 Å². The van der Waals surface area contributed by atoms with Gasteiger partial charge in [0.25, 0.3) is 5.91 Å². The van der Waals surface area contributed by atoms with Crippen LogP contribution in [0.25, 0.3) is 0 Å². The number of likely N-dealkylation sites (tertiary alicyclic amines) is 1. The van der Waals surface area contributed by atoms with Crippen LogP contribution in [0, 0.1) is 5.92 Å². The number of phenols is 1. The summed E-state index contributed by atoms with van der Waals surface area (Å²) in [5.41, 5.74) is 6.32. The number of nitrogens with zero attached hydrogens (tertiary/aromatic N) is 1. The van der Waals surface area contributed by atoms with Gasteiger partial charge in [0.2, 0.25) is 0 Å². The van der Waals surface area contributed by atoms with Crippen molar-refractivity contribution in [3.8, 4) is 11.5 Å². The van der Waals surface area contributed by atoms with Gasteiger partial charge in [0.1, 0.15) is 11.5 Å². The lowest BCUT2D eigenvalue weighted by atomic mass is 9.71. The number of methoxy groups -OCH3 is 2. The maximum atomic E-state index is 13.1. The van der Waals surface area contributed by atoms with Crippen molar-refractivity contribution in [2.45, 2.75) is 49.9 Å². The minimum Gasteiger partial charge on any atom is -0.508 e. The number of nitrogens with one attached hydrogen (secondary N) is 1. The Bertz CT molecular complexity index is 1080. The number of rotatable bonds is 7. The topological polar surface area (TPSA) is 117 Å². The Labute approximate surface area is 217 Å². The zero-order chi connectivity index (χ0) is 25.9. The van der Waals surface area contributed by atoms with Crippen LogP contribution in [0.3, 0.4) is 0 Å². The Morgan fingerprint density at radius 1 is 1.25 bits per heavy atom. The third-order valence-electron chi connectivity index (χ3n) is 7.69. The van der Waals surface area contributed by atoms with Gasteiger partial charge in [-0.05, 0) is 43.0 Å². The van der Waals surface area contributed by atoms with Gasteiger partial charge < -0.3 is 35.6 Å². The van der Waals surface area contributed by atoms with E-state index in [0.29, 0.717) is 48.0 Å². The van der Waals surface area contributed by atoms with E-state index >= 15 is 0 Å². The van der Waals surface area contributed by atoms with E-state index in [2.05, 4.69) is 10.2 Å². The molecule has 2 aliphatic rings. The van der Waals surface area contributed by atoms with Gasteiger partial charge in [0.15, 0.2) is 0 Å². The second-order valence-corrected chi connectivity index (χ2v) is 10.3. The molecule has 36 heavy (non-hydrogen) atoms. The summed E-state index contributed by atoms with van der Waals surface area (Å²) in [6, 6.07) is 9.87. The van der Waals surface area contributed by atoms with E-state index in [1.165, 1.54) is 13.2 Å². The third-order valence-corrected chi connectivity index (χ3v) is 8.01. The Hall–Kier alpha value is -2.52. The number of ether oxygens (including phenoxy) is 2. The molecular formula is C27H36ClN3O5. The first kappa shape index (κ1) is 26.5. The van der Waals surface area contributed by atoms with Gasteiger partial charge in [-0.25, -0.2) is 0 Å². The Morgan fingerprint density at radius 3 is 2.78 bits per heavy atom. The van der Waals surface area contributed by atoms with E-state index in [-0.39, 0.29) is 29.7 Å². The predicted molar refractivity (Wildman–Crippen MR) is 139 cm³/mol. The highest BCUT2D eigenvalue weighted by Crippen LogP contribution is 2.43. The van der Waals surface area contributed by atoms with Crippen molar-refractivity contribution in [1.29, 1.82) is 0 Å². The number of carbonyl (C=O) groups is 1. The van der Waals surface area contributed by atoms with Crippen LogP contribution in [0.15, 0.2) is 36.4 Å². The second-order valence-electron chi connectivity index (χ2n) is 9.89. The SMILES string of the molecule is COc1cc(N)c(Cl)cc1C(=O)N[C@@H]1CCN(C[C@@H]2CCCC[C@@]2(O)c2cccc(O)c2)C[C@@H]1OC. The standard InChI is InChI=1S/C27H36ClN3O5/c1-35-24-14-22(29)21(28)13-20(24)26(33)30-23-9-11-31(16-25(23)36-2)15-18-6-3-4-10-27(18,34)17-7-5-8-19(32)12-17/h5,7-8,12-14,18,23,25,32,34H,3-4,6,9-11,15-16,29H2,1-2H3,(H,30,33)/t18-,23+,25-,27+/m0/s1. The molecule has 0 bridgehead atoms. The number of hydrogen-bond donors (Lipinski definition) is 4. The van der Waals surface area contributed by atoms with E-state index in [1.807, 2.05) is 6.07 Å². The molecule has 196 valence electrons. The monoisotopic (exact) mass is 517 g/mol. The number of hydrogen-bond acceptors (Lipinski definition) is 7. The van der Waals surface area contributed by atoms with Gasteiger partial charge in [-0.1, -0.05) is 36.6 Å². The summed E-state index contributed by atoms with van der Waals surface area (Å²) in [4.78, 5) is 15.4. The van der Waals surface area contributed by atoms with Gasteiger partial charge >= 0.3 is 0 Å². The molecule has 1 saturated heterocycles. The molecule has 0 radical (unpaired) electrons. The van der Waals surface area contributed by atoms with Gasteiger partial charge in [0.05, 0.1) is 41.1 Å². The Morgan fingerprint density at radius 2 is 2.06 bits per heavy atom. The predicted octanol–water partition coefficient (Wildman–Crippen LogP) is 3.53. The summed E-state index contributed by atoms with van der Waals surface area (Å²) < 4.78 is 11.1. The maximum Gasteiger partial charge on any atom is 0.255 e. The molecule has 2 aromatic rings. The molecule has 1 saturated carbocycles. The van der Waals surface area contributed by atoms with E-state index in [0.717, 1.165) is 31.4 Å². The average molecular weight is 518 g/mol. The van der Waals surface area contributed by atoms with Crippen molar-refractivity contribution in [2.24, 2.45) is 5.92 Å².